The monoisotopic (exact) mass is 363 g/mol. The van der Waals surface area contributed by atoms with E-state index in [0.717, 1.165) is 5.56 Å². The number of halogens is 1. The molecule has 134 valence electrons. The van der Waals surface area contributed by atoms with Crippen LogP contribution in [0.3, 0.4) is 0 Å². The average molecular weight is 364 g/mol. The van der Waals surface area contributed by atoms with Gasteiger partial charge < -0.3 is 15.2 Å². The maximum Gasteiger partial charge on any atom is 0.247 e. The van der Waals surface area contributed by atoms with Gasteiger partial charge in [-0.3, -0.25) is 9.59 Å². The third-order valence-corrected chi connectivity index (χ3v) is 4.13. The molecule has 0 aliphatic rings. The number of anilines is 1. The quantitative estimate of drug-likeness (QED) is 0.823. The van der Waals surface area contributed by atoms with Crippen molar-refractivity contribution in [3.63, 3.8) is 0 Å². The van der Waals surface area contributed by atoms with E-state index in [4.69, 9.17) is 16.1 Å². The summed E-state index contributed by atoms with van der Waals surface area (Å²) in [5.74, 6) is 0.353. The van der Waals surface area contributed by atoms with Crippen molar-refractivity contribution in [3.8, 4) is 0 Å². The van der Waals surface area contributed by atoms with Crippen LogP contribution in [0.4, 0.5) is 5.82 Å². The molecule has 0 aliphatic heterocycles. The molecule has 0 bridgehead atoms. The van der Waals surface area contributed by atoms with Crippen molar-refractivity contribution >= 4 is 29.2 Å². The van der Waals surface area contributed by atoms with Crippen molar-refractivity contribution in [1.82, 2.24) is 10.5 Å². The topological polar surface area (TPSA) is 84.2 Å². The van der Waals surface area contributed by atoms with Crippen LogP contribution in [0.25, 0.3) is 0 Å². The second-order valence-corrected chi connectivity index (χ2v) is 7.11. The summed E-state index contributed by atoms with van der Waals surface area (Å²) in [7, 11) is 0. The maximum atomic E-state index is 12.3. The minimum absolute atomic E-state index is 0.209. The molecular formula is C18H22ClN3O3. The van der Waals surface area contributed by atoms with E-state index in [1.807, 2.05) is 26.0 Å². The van der Waals surface area contributed by atoms with Gasteiger partial charge in [0.2, 0.25) is 11.8 Å². The lowest BCUT2D eigenvalue weighted by molar-refractivity contribution is -0.126. The largest absolute Gasteiger partial charge is 0.360 e. The van der Waals surface area contributed by atoms with Crippen molar-refractivity contribution in [1.29, 1.82) is 0 Å². The van der Waals surface area contributed by atoms with Gasteiger partial charge in [-0.05, 0) is 37.0 Å². The molecule has 2 rings (SSSR count). The number of carbonyl (C=O) groups is 2. The zero-order chi connectivity index (χ0) is 18.6. The summed E-state index contributed by atoms with van der Waals surface area (Å²) in [6.45, 7) is 7.29. The van der Waals surface area contributed by atoms with Crippen molar-refractivity contribution in [2.24, 2.45) is 0 Å². The van der Waals surface area contributed by atoms with Crippen molar-refractivity contribution in [3.05, 3.63) is 46.7 Å². The SMILES string of the molecule is Cc1cc(NC(=O)[C@H](C)NC(=O)CC(C)(C)c2ccc(Cl)cc2)no1. The Labute approximate surface area is 151 Å². The lowest BCUT2D eigenvalue weighted by Gasteiger charge is -2.25. The average Bonchev–Trinajstić information content (AvgIpc) is 2.92. The molecule has 0 fully saturated rings. The van der Waals surface area contributed by atoms with Crippen LogP contribution in [0.5, 0.6) is 0 Å². The highest BCUT2D eigenvalue weighted by Gasteiger charge is 2.26. The van der Waals surface area contributed by atoms with Crippen LogP contribution in [0.1, 0.15) is 38.5 Å². The Morgan fingerprint density at radius 3 is 2.48 bits per heavy atom. The van der Waals surface area contributed by atoms with Gasteiger partial charge in [0.05, 0.1) is 0 Å². The highest BCUT2D eigenvalue weighted by molar-refractivity contribution is 6.30. The molecular weight excluding hydrogens is 342 g/mol. The Bertz CT molecular complexity index is 753. The zero-order valence-electron chi connectivity index (χ0n) is 14.7. The van der Waals surface area contributed by atoms with Gasteiger partial charge in [0.25, 0.3) is 0 Å². The minimum atomic E-state index is -0.689. The van der Waals surface area contributed by atoms with E-state index in [0.29, 0.717) is 16.6 Å². The van der Waals surface area contributed by atoms with Gasteiger partial charge in [0.15, 0.2) is 5.82 Å². The first-order valence-corrected chi connectivity index (χ1v) is 8.35. The Hall–Kier alpha value is -2.34. The van der Waals surface area contributed by atoms with Gasteiger partial charge in [-0.15, -0.1) is 0 Å². The van der Waals surface area contributed by atoms with E-state index >= 15 is 0 Å². The van der Waals surface area contributed by atoms with E-state index in [2.05, 4.69) is 15.8 Å². The molecule has 1 heterocycles. The van der Waals surface area contributed by atoms with Gasteiger partial charge in [0.1, 0.15) is 11.8 Å². The van der Waals surface area contributed by atoms with Crippen molar-refractivity contribution in [2.75, 3.05) is 5.32 Å². The second kappa shape index (κ2) is 7.70. The number of benzene rings is 1. The Morgan fingerprint density at radius 2 is 1.92 bits per heavy atom. The van der Waals surface area contributed by atoms with E-state index in [-0.39, 0.29) is 23.7 Å². The van der Waals surface area contributed by atoms with E-state index in [1.165, 1.54) is 0 Å². The molecule has 25 heavy (non-hydrogen) atoms. The Kier molecular flexibility index (Phi) is 5.85. The van der Waals surface area contributed by atoms with Gasteiger partial charge in [-0.25, -0.2) is 0 Å². The van der Waals surface area contributed by atoms with E-state index in [1.54, 1.807) is 32.0 Å². The summed E-state index contributed by atoms with van der Waals surface area (Å²) in [6.07, 6.45) is 0.245. The minimum Gasteiger partial charge on any atom is -0.360 e. The number of aryl methyl sites for hydroxylation is 1. The summed E-state index contributed by atoms with van der Waals surface area (Å²) in [5.41, 5.74) is 0.621. The van der Waals surface area contributed by atoms with Crippen LogP contribution in [-0.2, 0) is 15.0 Å². The van der Waals surface area contributed by atoms with Crippen LogP contribution in [0.2, 0.25) is 5.02 Å². The molecule has 6 nitrogen and oxygen atoms in total. The first-order chi connectivity index (χ1) is 11.7. The van der Waals surface area contributed by atoms with E-state index < -0.39 is 6.04 Å². The number of hydrogen-bond acceptors (Lipinski definition) is 4. The number of aromatic nitrogens is 1. The fraction of sp³-hybridized carbons (Fsp3) is 0.389. The summed E-state index contributed by atoms with van der Waals surface area (Å²) in [6, 6.07) is 8.32. The molecule has 0 saturated heterocycles. The third-order valence-electron chi connectivity index (χ3n) is 3.88. The molecule has 2 N–H and O–H groups in total. The summed E-state index contributed by atoms with van der Waals surface area (Å²) in [5, 5.41) is 9.65. The van der Waals surface area contributed by atoms with Gasteiger partial charge in [-0.2, -0.15) is 0 Å². The number of carbonyl (C=O) groups excluding carboxylic acids is 2. The zero-order valence-corrected chi connectivity index (χ0v) is 15.5. The lowest BCUT2D eigenvalue weighted by Crippen LogP contribution is -2.43. The van der Waals surface area contributed by atoms with Crippen molar-refractivity contribution in [2.45, 2.75) is 45.6 Å². The smallest absolute Gasteiger partial charge is 0.247 e. The summed E-state index contributed by atoms with van der Waals surface area (Å²) >= 11 is 5.90. The molecule has 0 unspecified atom stereocenters. The maximum absolute atomic E-state index is 12.3. The molecule has 0 spiro atoms. The number of amides is 2. The Morgan fingerprint density at radius 1 is 1.28 bits per heavy atom. The number of nitrogens with zero attached hydrogens (tertiary/aromatic N) is 1. The molecule has 0 radical (unpaired) electrons. The van der Waals surface area contributed by atoms with Crippen LogP contribution in [-0.4, -0.2) is 23.0 Å². The predicted octanol–water partition coefficient (Wildman–Crippen LogP) is 3.45. The molecule has 1 atom stereocenters. The fourth-order valence-corrected chi connectivity index (χ4v) is 2.55. The van der Waals surface area contributed by atoms with Crippen LogP contribution in [0, 0.1) is 6.92 Å². The summed E-state index contributed by atoms with van der Waals surface area (Å²) < 4.78 is 4.89. The van der Waals surface area contributed by atoms with Gasteiger partial charge >= 0.3 is 0 Å². The molecule has 0 saturated carbocycles. The standard InChI is InChI=1S/C18H22ClN3O3/c1-11-9-15(22-25-11)21-17(24)12(2)20-16(23)10-18(3,4)13-5-7-14(19)8-6-13/h5-9,12H,10H2,1-4H3,(H,20,23)(H,21,22,24)/t12-/m0/s1. The first-order valence-electron chi connectivity index (χ1n) is 7.97. The Balaban J connectivity index is 1.91. The highest BCUT2D eigenvalue weighted by Crippen LogP contribution is 2.28. The number of rotatable bonds is 6. The molecule has 1 aromatic carbocycles. The molecule has 7 heteroatoms. The number of hydrogen-bond donors (Lipinski definition) is 2. The normalized spacial score (nSPS) is 12.5. The van der Waals surface area contributed by atoms with E-state index in [9.17, 15) is 9.59 Å². The second-order valence-electron chi connectivity index (χ2n) is 6.67. The molecule has 1 aromatic heterocycles. The fourth-order valence-electron chi connectivity index (χ4n) is 2.42. The van der Waals surface area contributed by atoms with Crippen molar-refractivity contribution < 1.29 is 14.1 Å². The summed E-state index contributed by atoms with van der Waals surface area (Å²) in [4.78, 5) is 24.4. The predicted molar refractivity (Wildman–Crippen MR) is 96.6 cm³/mol. The number of nitrogens with one attached hydrogen (secondary N) is 2. The lowest BCUT2D eigenvalue weighted by atomic mass is 9.81. The van der Waals surface area contributed by atoms with Crippen LogP contribution >= 0.6 is 11.6 Å². The van der Waals surface area contributed by atoms with Gasteiger partial charge in [-0.1, -0.05) is 42.7 Å². The molecule has 2 aromatic rings. The highest BCUT2D eigenvalue weighted by atomic mass is 35.5. The van der Waals surface area contributed by atoms with Gasteiger partial charge in [0, 0.05) is 17.5 Å². The third kappa shape index (κ3) is 5.32. The van der Waals surface area contributed by atoms with Crippen LogP contribution in [0.15, 0.2) is 34.9 Å². The first kappa shape index (κ1) is 19.0. The molecule has 2 amide bonds. The van der Waals surface area contributed by atoms with Crippen LogP contribution < -0.4 is 10.6 Å². The molecule has 0 aliphatic carbocycles.